The maximum Gasteiger partial charge on any atom is 0.132 e. The Morgan fingerprint density at radius 2 is 2.33 bits per heavy atom. The van der Waals surface area contributed by atoms with Gasteiger partial charge in [-0.3, -0.25) is 0 Å². The molecule has 21 heavy (non-hydrogen) atoms. The number of nitrogens with one attached hydrogen (secondary N) is 1. The van der Waals surface area contributed by atoms with Gasteiger partial charge in [0.05, 0.1) is 6.10 Å². The average Bonchev–Trinajstić information content (AvgIpc) is 2.91. The number of rotatable bonds is 7. The first-order valence-corrected chi connectivity index (χ1v) is 8.53. The lowest BCUT2D eigenvalue weighted by atomic mass is 10.2. The van der Waals surface area contributed by atoms with Crippen molar-refractivity contribution < 1.29 is 4.74 Å². The second-order valence-corrected chi connectivity index (χ2v) is 7.09. The van der Waals surface area contributed by atoms with Crippen LogP contribution in [0.5, 0.6) is 0 Å². The Balaban J connectivity index is 2.02. The molecule has 1 aliphatic rings. The number of hydrogen-bond acceptors (Lipinski definition) is 4. The monoisotopic (exact) mass is 355 g/mol. The minimum Gasteiger partial charge on any atom is -0.376 e. The van der Waals surface area contributed by atoms with Crippen LogP contribution in [0.1, 0.15) is 32.3 Å². The first-order chi connectivity index (χ1) is 10.1. The quantitative estimate of drug-likeness (QED) is 0.814. The lowest BCUT2D eigenvalue weighted by Gasteiger charge is -2.24. The van der Waals surface area contributed by atoms with Gasteiger partial charge in [0.15, 0.2) is 0 Å². The maximum absolute atomic E-state index is 5.73. The predicted molar refractivity (Wildman–Crippen MR) is 90.7 cm³/mol. The molecule has 0 amide bonds. The van der Waals surface area contributed by atoms with Crippen LogP contribution in [0.3, 0.4) is 0 Å². The van der Waals surface area contributed by atoms with E-state index in [4.69, 9.17) is 4.74 Å². The van der Waals surface area contributed by atoms with Crippen LogP contribution >= 0.6 is 15.9 Å². The van der Waals surface area contributed by atoms with Gasteiger partial charge in [0, 0.05) is 43.0 Å². The van der Waals surface area contributed by atoms with Gasteiger partial charge >= 0.3 is 0 Å². The van der Waals surface area contributed by atoms with Gasteiger partial charge in [-0.2, -0.15) is 0 Å². The van der Waals surface area contributed by atoms with Gasteiger partial charge in [0.2, 0.25) is 0 Å². The van der Waals surface area contributed by atoms with Crippen molar-refractivity contribution in [1.82, 2.24) is 10.3 Å². The number of halogens is 1. The Kier molecular flexibility index (Phi) is 6.45. The molecule has 0 aliphatic carbocycles. The van der Waals surface area contributed by atoms with E-state index >= 15 is 0 Å². The number of nitrogens with zero attached hydrogens (tertiary/aromatic N) is 2. The molecule has 1 N–H and O–H groups in total. The molecule has 0 spiro atoms. The van der Waals surface area contributed by atoms with Crippen LogP contribution in [-0.4, -0.2) is 37.8 Å². The van der Waals surface area contributed by atoms with Crippen molar-refractivity contribution in [2.75, 3.05) is 31.6 Å². The van der Waals surface area contributed by atoms with Crippen LogP contribution in [0.2, 0.25) is 0 Å². The fourth-order valence-corrected chi connectivity index (χ4v) is 3.00. The van der Waals surface area contributed by atoms with Crippen molar-refractivity contribution in [2.45, 2.75) is 39.3 Å². The minimum absolute atomic E-state index is 0.344. The Morgan fingerprint density at radius 1 is 1.52 bits per heavy atom. The van der Waals surface area contributed by atoms with Crippen LogP contribution < -0.4 is 10.2 Å². The lowest BCUT2D eigenvalue weighted by molar-refractivity contribution is 0.116. The van der Waals surface area contributed by atoms with E-state index in [1.807, 2.05) is 6.20 Å². The molecule has 1 unspecified atom stereocenters. The number of likely N-dealkylation sites (N-methyl/N-ethyl adjacent to an activating group) is 1. The molecular weight excluding hydrogens is 330 g/mol. The molecule has 0 radical (unpaired) electrons. The van der Waals surface area contributed by atoms with Gasteiger partial charge in [-0.15, -0.1) is 0 Å². The molecule has 0 saturated carbocycles. The third-order valence-electron chi connectivity index (χ3n) is 3.64. The second kappa shape index (κ2) is 8.11. The van der Waals surface area contributed by atoms with Crippen molar-refractivity contribution in [2.24, 2.45) is 5.92 Å². The van der Waals surface area contributed by atoms with Crippen LogP contribution in [0.4, 0.5) is 5.82 Å². The van der Waals surface area contributed by atoms with Gasteiger partial charge in [-0.25, -0.2) is 4.98 Å². The standard InChI is InChI=1S/C16H26BrN3O/c1-12(2)8-18-9-13-7-14(17)10-19-16(13)20(3)11-15-5-4-6-21-15/h7,10,12,15,18H,4-6,8-9,11H2,1-3H3. The van der Waals surface area contributed by atoms with Crippen molar-refractivity contribution in [3.8, 4) is 0 Å². The van der Waals surface area contributed by atoms with Crippen molar-refractivity contribution in [3.05, 3.63) is 22.3 Å². The van der Waals surface area contributed by atoms with Crippen LogP contribution in [0.25, 0.3) is 0 Å². The topological polar surface area (TPSA) is 37.4 Å². The normalized spacial score (nSPS) is 18.4. The third-order valence-corrected chi connectivity index (χ3v) is 4.07. The molecular formula is C16H26BrN3O. The van der Waals surface area contributed by atoms with E-state index in [1.165, 1.54) is 12.0 Å². The molecule has 1 saturated heterocycles. The molecule has 0 bridgehead atoms. The highest BCUT2D eigenvalue weighted by molar-refractivity contribution is 9.10. The van der Waals surface area contributed by atoms with E-state index in [2.05, 4.69) is 58.1 Å². The molecule has 4 nitrogen and oxygen atoms in total. The summed E-state index contributed by atoms with van der Waals surface area (Å²) in [5.74, 6) is 1.70. The number of aromatic nitrogens is 1. The van der Waals surface area contributed by atoms with Gasteiger partial charge in [0.25, 0.3) is 0 Å². The highest BCUT2D eigenvalue weighted by Gasteiger charge is 2.19. The van der Waals surface area contributed by atoms with Crippen molar-refractivity contribution >= 4 is 21.7 Å². The fourth-order valence-electron chi connectivity index (χ4n) is 2.62. The van der Waals surface area contributed by atoms with Crippen LogP contribution in [0.15, 0.2) is 16.7 Å². The molecule has 118 valence electrons. The molecule has 1 aromatic heterocycles. The highest BCUT2D eigenvalue weighted by Crippen LogP contribution is 2.23. The summed E-state index contributed by atoms with van der Waals surface area (Å²) in [6.45, 7) is 8.10. The van der Waals surface area contributed by atoms with Gasteiger partial charge in [0.1, 0.15) is 5.82 Å². The summed E-state index contributed by atoms with van der Waals surface area (Å²) >= 11 is 3.52. The molecule has 0 aromatic carbocycles. The van der Waals surface area contributed by atoms with Gasteiger partial charge in [-0.05, 0) is 47.3 Å². The molecule has 2 rings (SSSR count). The van der Waals surface area contributed by atoms with Crippen molar-refractivity contribution in [3.63, 3.8) is 0 Å². The summed E-state index contributed by atoms with van der Waals surface area (Å²) in [6, 6.07) is 2.15. The van der Waals surface area contributed by atoms with Crippen molar-refractivity contribution in [1.29, 1.82) is 0 Å². The number of hydrogen-bond donors (Lipinski definition) is 1. The maximum atomic E-state index is 5.73. The Hall–Kier alpha value is -0.650. The van der Waals surface area contributed by atoms with E-state index in [1.54, 1.807) is 0 Å². The number of anilines is 1. The highest BCUT2D eigenvalue weighted by atomic mass is 79.9. The fraction of sp³-hybridized carbons (Fsp3) is 0.688. The lowest BCUT2D eigenvalue weighted by Crippen LogP contribution is -2.30. The zero-order valence-electron chi connectivity index (χ0n) is 13.2. The second-order valence-electron chi connectivity index (χ2n) is 6.18. The van der Waals surface area contributed by atoms with Gasteiger partial charge in [-0.1, -0.05) is 13.8 Å². The first-order valence-electron chi connectivity index (χ1n) is 7.74. The largest absolute Gasteiger partial charge is 0.376 e. The summed E-state index contributed by atoms with van der Waals surface area (Å²) in [4.78, 5) is 6.82. The third kappa shape index (κ3) is 5.24. The Labute approximate surface area is 136 Å². The van der Waals surface area contributed by atoms with Crippen LogP contribution in [-0.2, 0) is 11.3 Å². The SMILES string of the molecule is CC(C)CNCc1cc(Br)cnc1N(C)CC1CCCO1. The molecule has 5 heteroatoms. The number of pyridine rings is 1. The zero-order valence-corrected chi connectivity index (χ0v) is 14.8. The molecule has 1 atom stereocenters. The first kappa shape index (κ1) is 16.7. The van der Waals surface area contributed by atoms with E-state index in [-0.39, 0.29) is 0 Å². The zero-order chi connectivity index (χ0) is 15.2. The summed E-state index contributed by atoms with van der Waals surface area (Å²) in [7, 11) is 2.10. The van der Waals surface area contributed by atoms with Crippen LogP contribution in [0, 0.1) is 5.92 Å². The minimum atomic E-state index is 0.344. The molecule has 1 aromatic rings. The molecule has 2 heterocycles. The summed E-state index contributed by atoms with van der Waals surface area (Å²) in [5, 5.41) is 3.50. The van der Waals surface area contributed by atoms with E-state index < -0.39 is 0 Å². The smallest absolute Gasteiger partial charge is 0.132 e. The van der Waals surface area contributed by atoms with E-state index in [9.17, 15) is 0 Å². The summed E-state index contributed by atoms with van der Waals surface area (Å²) in [6.07, 6.45) is 4.54. The average molecular weight is 356 g/mol. The Morgan fingerprint density at radius 3 is 3.00 bits per heavy atom. The molecule has 1 fully saturated rings. The van der Waals surface area contributed by atoms with E-state index in [0.29, 0.717) is 12.0 Å². The summed E-state index contributed by atoms with van der Waals surface area (Å²) < 4.78 is 6.75. The van der Waals surface area contributed by atoms with E-state index in [0.717, 1.165) is 43.0 Å². The molecule has 1 aliphatic heterocycles. The Bertz CT molecular complexity index is 447. The van der Waals surface area contributed by atoms with Gasteiger partial charge < -0.3 is 15.0 Å². The summed E-state index contributed by atoms with van der Waals surface area (Å²) in [5.41, 5.74) is 1.23. The number of ether oxygens (including phenoxy) is 1. The predicted octanol–water partition coefficient (Wildman–Crippen LogP) is 3.20.